The molecule has 2 aromatic carbocycles. The first kappa shape index (κ1) is 20.1. The van der Waals surface area contributed by atoms with Crippen molar-refractivity contribution in [2.45, 2.75) is 44.9 Å². The van der Waals surface area contributed by atoms with Crippen LogP contribution >= 0.6 is 0 Å². The second kappa shape index (κ2) is 8.26. The monoisotopic (exact) mass is 410 g/mol. The lowest BCUT2D eigenvalue weighted by Crippen LogP contribution is -2.39. The van der Waals surface area contributed by atoms with Crippen molar-refractivity contribution >= 4 is 17.5 Å². The summed E-state index contributed by atoms with van der Waals surface area (Å²) in [6, 6.07) is 10.8. The number of methoxy groups -OCH3 is 2. The molecule has 0 saturated heterocycles. The van der Waals surface area contributed by atoms with Gasteiger partial charge in [0, 0.05) is 30.2 Å². The third-order valence-electron chi connectivity index (χ3n) is 5.62. The van der Waals surface area contributed by atoms with Crippen molar-refractivity contribution in [2.75, 3.05) is 19.1 Å². The number of nitrogens with one attached hydrogen (secondary N) is 1. The van der Waals surface area contributed by atoms with Crippen LogP contribution in [0.1, 0.15) is 54.7 Å². The molecule has 2 aliphatic rings. The molecule has 1 N–H and O–H groups in total. The summed E-state index contributed by atoms with van der Waals surface area (Å²) >= 11 is 0. The molecule has 1 aliphatic carbocycles. The average Bonchev–Trinajstić information content (AvgIpc) is 3.34. The van der Waals surface area contributed by atoms with Crippen molar-refractivity contribution in [3.8, 4) is 17.2 Å². The lowest BCUT2D eigenvalue weighted by atomic mass is 10.1. The molecule has 2 amide bonds. The van der Waals surface area contributed by atoms with Crippen molar-refractivity contribution in [1.82, 2.24) is 5.32 Å². The number of hydrogen-bond acceptors (Lipinski definition) is 5. The minimum atomic E-state index is -0.632. The van der Waals surface area contributed by atoms with E-state index in [2.05, 4.69) is 5.32 Å². The SMILES string of the molecule is COc1cc(OC)c(N2C(=O)c3ccccc3C2NC(C)=O)cc1OC1CCCC1. The van der Waals surface area contributed by atoms with Crippen LogP contribution in [0.4, 0.5) is 5.69 Å². The number of rotatable bonds is 6. The average molecular weight is 410 g/mol. The quantitative estimate of drug-likeness (QED) is 0.783. The fraction of sp³-hybridized carbons (Fsp3) is 0.391. The number of benzene rings is 2. The molecule has 1 fully saturated rings. The Morgan fingerprint density at radius 2 is 1.73 bits per heavy atom. The van der Waals surface area contributed by atoms with Crippen LogP contribution in [0, 0.1) is 0 Å². The minimum Gasteiger partial charge on any atom is -0.494 e. The highest BCUT2D eigenvalue weighted by Crippen LogP contribution is 2.46. The molecular weight excluding hydrogens is 384 g/mol. The molecule has 1 heterocycles. The van der Waals surface area contributed by atoms with E-state index < -0.39 is 6.17 Å². The van der Waals surface area contributed by atoms with E-state index in [9.17, 15) is 9.59 Å². The zero-order chi connectivity index (χ0) is 21.3. The standard InChI is InChI=1S/C23H26N2O5/c1-14(26)24-22-16-10-6-7-11-17(16)23(27)25(22)18-12-21(30-15-8-4-5-9-15)20(29-3)13-19(18)28-2/h6-7,10-13,15,22H,4-5,8-9H2,1-3H3,(H,24,26). The van der Waals surface area contributed by atoms with Crippen molar-refractivity contribution in [1.29, 1.82) is 0 Å². The number of carbonyl (C=O) groups is 2. The van der Waals surface area contributed by atoms with Crippen molar-refractivity contribution in [3.05, 3.63) is 47.5 Å². The van der Waals surface area contributed by atoms with Crippen LogP contribution < -0.4 is 24.4 Å². The van der Waals surface area contributed by atoms with E-state index in [1.54, 1.807) is 30.2 Å². The molecule has 158 valence electrons. The summed E-state index contributed by atoms with van der Waals surface area (Å²) in [5, 5.41) is 2.89. The highest BCUT2D eigenvalue weighted by molar-refractivity contribution is 6.12. The molecule has 0 radical (unpaired) electrons. The van der Waals surface area contributed by atoms with E-state index in [1.165, 1.54) is 14.0 Å². The van der Waals surface area contributed by atoms with Gasteiger partial charge < -0.3 is 19.5 Å². The molecule has 0 bridgehead atoms. The lowest BCUT2D eigenvalue weighted by Gasteiger charge is -2.28. The van der Waals surface area contributed by atoms with Gasteiger partial charge >= 0.3 is 0 Å². The first-order valence-electron chi connectivity index (χ1n) is 10.2. The Bertz CT molecular complexity index is 968. The minimum absolute atomic E-state index is 0.123. The number of amides is 2. The van der Waals surface area contributed by atoms with E-state index in [4.69, 9.17) is 14.2 Å². The smallest absolute Gasteiger partial charge is 0.260 e. The Kier molecular flexibility index (Phi) is 5.53. The summed E-state index contributed by atoms with van der Waals surface area (Å²) in [7, 11) is 3.11. The van der Waals surface area contributed by atoms with Gasteiger partial charge in [-0.2, -0.15) is 0 Å². The molecule has 7 heteroatoms. The third kappa shape index (κ3) is 3.56. The van der Waals surface area contributed by atoms with Gasteiger partial charge in [0.05, 0.1) is 26.0 Å². The second-order valence-electron chi connectivity index (χ2n) is 7.56. The van der Waals surface area contributed by atoms with Crippen molar-refractivity contribution in [2.24, 2.45) is 0 Å². The Hall–Kier alpha value is -3.22. The molecule has 2 aromatic rings. The zero-order valence-corrected chi connectivity index (χ0v) is 17.4. The second-order valence-corrected chi connectivity index (χ2v) is 7.56. The van der Waals surface area contributed by atoms with Crippen molar-refractivity contribution < 1.29 is 23.8 Å². The molecule has 1 unspecified atom stereocenters. The van der Waals surface area contributed by atoms with Crippen LogP contribution in [0.25, 0.3) is 0 Å². The highest BCUT2D eigenvalue weighted by atomic mass is 16.5. The first-order valence-corrected chi connectivity index (χ1v) is 10.2. The van der Waals surface area contributed by atoms with Gasteiger partial charge in [0.1, 0.15) is 11.9 Å². The molecule has 1 saturated carbocycles. The topological polar surface area (TPSA) is 77.1 Å². The summed E-state index contributed by atoms with van der Waals surface area (Å²) in [6.45, 7) is 1.43. The van der Waals surface area contributed by atoms with Gasteiger partial charge in [0.15, 0.2) is 11.5 Å². The number of fused-ring (bicyclic) bond motifs is 1. The van der Waals surface area contributed by atoms with Crippen LogP contribution in [0.2, 0.25) is 0 Å². The number of hydrogen-bond donors (Lipinski definition) is 1. The molecule has 30 heavy (non-hydrogen) atoms. The van der Waals surface area contributed by atoms with E-state index in [0.29, 0.717) is 28.5 Å². The molecule has 1 atom stereocenters. The summed E-state index contributed by atoms with van der Waals surface area (Å²) in [5.74, 6) is 1.12. The van der Waals surface area contributed by atoms with E-state index in [-0.39, 0.29) is 17.9 Å². The van der Waals surface area contributed by atoms with Gasteiger partial charge in [-0.05, 0) is 31.7 Å². The Labute approximate surface area is 175 Å². The Morgan fingerprint density at radius 3 is 2.40 bits per heavy atom. The van der Waals surface area contributed by atoms with E-state index in [0.717, 1.165) is 31.2 Å². The zero-order valence-electron chi connectivity index (χ0n) is 17.4. The molecule has 0 spiro atoms. The Balaban J connectivity index is 1.80. The summed E-state index contributed by atoms with van der Waals surface area (Å²) in [4.78, 5) is 26.8. The molecule has 4 rings (SSSR count). The number of anilines is 1. The van der Waals surface area contributed by atoms with Crippen LogP contribution in [0.5, 0.6) is 17.2 Å². The molecule has 0 aromatic heterocycles. The maximum atomic E-state index is 13.3. The largest absolute Gasteiger partial charge is 0.494 e. The fourth-order valence-corrected chi connectivity index (χ4v) is 4.22. The molecule has 1 aliphatic heterocycles. The highest BCUT2D eigenvalue weighted by Gasteiger charge is 2.40. The van der Waals surface area contributed by atoms with Gasteiger partial charge in [-0.1, -0.05) is 18.2 Å². The number of carbonyl (C=O) groups excluding carboxylic acids is 2. The van der Waals surface area contributed by atoms with Crippen LogP contribution in [0.15, 0.2) is 36.4 Å². The van der Waals surface area contributed by atoms with E-state index in [1.807, 2.05) is 18.2 Å². The first-order chi connectivity index (χ1) is 14.5. The number of nitrogens with zero attached hydrogens (tertiary/aromatic N) is 1. The van der Waals surface area contributed by atoms with Crippen molar-refractivity contribution in [3.63, 3.8) is 0 Å². The predicted octanol–water partition coefficient (Wildman–Crippen LogP) is 3.82. The summed E-state index contributed by atoms with van der Waals surface area (Å²) < 4.78 is 17.3. The van der Waals surface area contributed by atoms with Crippen LogP contribution in [-0.2, 0) is 4.79 Å². The molecule has 7 nitrogen and oxygen atoms in total. The maximum Gasteiger partial charge on any atom is 0.260 e. The van der Waals surface area contributed by atoms with Gasteiger partial charge in [0.2, 0.25) is 5.91 Å². The normalized spacial score (nSPS) is 18.3. The Morgan fingerprint density at radius 1 is 1.03 bits per heavy atom. The predicted molar refractivity (Wildman–Crippen MR) is 112 cm³/mol. The number of ether oxygens (including phenoxy) is 3. The van der Waals surface area contributed by atoms with Crippen LogP contribution in [0.3, 0.4) is 0 Å². The van der Waals surface area contributed by atoms with Crippen LogP contribution in [-0.4, -0.2) is 32.1 Å². The van der Waals surface area contributed by atoms with Gasteiger partial charge in [0.25, 0.3) is 5.91 Å². The summed E-state index contributed by atoms with van der Waals surface area (Å²) in [5.41, 5.74) is 1.81. The molecular formula is C23H26N2O5. The maximum absolute atomic E-state index is 13.3. The van der Waals surface area contributed by atoms with Gasteiger partial charge in [-0.25, -0.2) is 0 Å². The lowest BCUT2D eigenvalue weighted by molar-refractivity contribution is -0.119. The van der Waals surface area contributed by atoms with Gasteiger partial charge in [-0.3, -0.25) is 14.5 Å². The van der Waals surface area contributed by atoms with E-state index >= 15 is 0 Å². The van der Waals surface area contributed by atoms with Gasteiger partial charge in [-0.15, -0.1) is 0 Å². The fourth-order valence-electron chi connectivity index (χ4n) is 4.22. The summed E-state index contributed by atoms with van der Waals surface area (Å²) in [6.07, 6.45) is 3.76. The third-order valence-corrected chi connectivity index (χ3v) is 5.62.